The molecule has 0 saturated heterocycles. The third-order valence-corrected chi connectivity index (χ3v) is 3.82. The maximum absolute atomic E-state index is 11.8. The van der Waals surface area contributed by atoms with Gasteiger partial charge in [0.1, 0.15) is 5.69 Å². The third kappa shape index (κ3) is 3.66. The maximum atomic E-state index is 11.8. The van der Waals surface area contributed by atoms with E-state index in [0.29, 0.717) is 17.3 Å². The molecule has 0 N–H and O–H groups in total. The Balaban J connectivity index is 2.07. The molecule has 2 amide bonds. The van der Waals surface area contributed by atoms with Gasteiger partial charge in [0.25, 0.3) is 0 Å². The SMILES string of the molecule is CC(=O)N(Cc1nc(-c2ccccc2)oc1-c1ccccc1)C(C)=O. The molecule has 0 aliphatic rings. The minimum Gasteiger partial charge on any atom is -0.436 e. The molecule has 126 valence electrons. The number of imide groups is 1. The van der Waals surface area contributed by atoms with Gasteiger partial charge in [0, 0.05) is 25.0 Å². The van der Waals surface area contributed by atoms with E-state index in [2.05, 4.69) is 4.98 Å². The van der Waals surface area contributed by atoms with Crippen LogP contribution in [-0.4, -0.2) is 21.7 Å². The molecule has 0 unspecified atom stereocenters. The first-order chi connectivity index (χ1) is 12.1. The van der Waals surface area contributed by atoms with E-state index in [9.17, 15) is 9.59 Å². The molecule has 5 heteroatoms. The van der Waals surface area contributed by atoms with Gasteiger partial charge in [0.15, 0.2) is 5.76 Å². The first kappa shape index (κ1) is 16.6. The number of carbonyl (C=O) groups excluding carboxylic acids is 2. The first-order valence-corrected chi connectivity index (χ1v) is 7.95. The number of amides is 2. The van der Waals surface area contributed by atoms with E-state index in [1.807, 2.05) is 60.7 Å². The minimum atomic E-state index is -0.323. The first-order valence-electron chi connectivity index (χ1n) is 7.95. The molecule has 1 heterocycles. The molecule has 5 nitrogen and oxygen atoms in total. The van der Waals surface area contributed by atoms with Crippen molar-refractivity contribution in [2.24, 2.45) is 0 Å². The van der Waals surface area contributed by atoms with Crippen LogP contribution < -0.4 is 0 Å². The van der Waals surface area contributed by atoms with E-state index in [0.717, 1.165) is 16.0 Å². The molecule has 0 radical (unpaired) electrons. The number of nitrogens with zero attached hydrogens (tertiary/aromatic N) is 2. The Morgan fingerprint density at radius 3 is 1.92 bits per heavy atom. The largest absolute Gasteiger partial charge is 0.436 e. The summed E-state index contributed by atoms with van der Waals surface area (Å²) in [5, 5.41) is 0. The highest BCUT2D eigenvalue weighted by atomic mass is 16.4. The van der Waals surface area contributed by atoms with Crippen molar-refractivity contribution in [2.75, 3.05) is 0 Å². The van der Waals surface area contributed by atoms with Gasteiger partial charge in [-0.05, 0) is 12.1 Å². The Bertz CT molecular complexity index is 872. The molecule has 0 spiro atoms. The van der Waals surface area contributed by atoms with Crippen molar-refractivity contribution in [3.8, 4) is 22.8 Å². The molecule has 25 heavy (non-hydrogen) atoms. The van der Waals surface area contributed by atoms with Crippen LogP contribution in [-0.2, 0) is 16.1 Å². The van der Waals surface area contributed by atoms with Gasteiger partial charge in [-0.25, -0.2) is 4.98 Å². The fourth-order valence-electron chi connectivity index (χ4n) is 2.57. The van der Waals surface area contributed by atoms with Crippen LogP contribution in [0.1, 0.15) is 19.5 Å². The highest BCUT2D eigenvalue weighted by molar-refractivity contribution is 5.92. The summed E-state index contributed by atoms with van der Waals surface area (Å²) >= 11 is 0. The zero-order valence-corrected chi connectivity index (χ0v) is 14.1. The molecule has 1 aromatic heterocycles. The standard InChI is InChI=1S/C20H18N2O3/c1-14(23)22(15(2)24)13-18-19(16-9-5-3-6-10-16)25-20(21-18)17-11-7-4-8-12-17/h3-12H,13H2,1-2H3. The molecule has 0 saturated carbocycles. The zero-order valence-electron chi connectivity index (χ0n) is 14.1. The number of oxazole rings is 1. The van der Waals surface area contributed by atoms with Crippen molar-refractivity contribution in [1.82, 2.24) is 9.88 Å². The van der Waals surface area contributed by atoms with Crippen molar-refractivity contribution < 1.29 is 14.0 Å². The number of hydrogen-bond acceptors (Lipinski definition) is 4. The summed E-state index contributed by atoms with van der Waals surface area (Å²) in [7, 11) is 0. The minimum absolute atomic E-state index is 0.0746. The van der Waals surface area contributed by atoms with Crippen LogP contribution in [0.2, 0.25) is 0 Å². The highest BCUT2D eigenvalue weighted by Crippen LogP contribution is 2.30. The second-order valence-corrected chi connectivity index (χ2v) is 5.65. The quantitative estimate of drug-likeness (QED) is 0.726. The van der Waals surface area contributed by atoms with Crippen molar-refractivity contribution in [2.45, 2.75) is 20.4 Å². The number of aromatic nitrogens is 1. The van der Waals surface area contributed by atoms with Crippen LogP contribution in [0.4, 0.5) is 0 Å². The molecule has 2 aromatic carbocycles. The fourth-order valence-corrected chi connectivity index (χ4v) is 2.57. The third-order valence-electron chi connectivity index (χ3n) is 3.82. The van der Waals surface area contributed by atoms with Gasteiger partial charge in [-0.1, -0.05) is 48.5 Å². The Morgan fingerprint density at radius 2 is 1.40 bits per heavy atom. The molecular weight excluding hydrogens is 316 g/mol. The number of hydrogen-bond donors (Lipinski definition) is 0. The van der Waals surface area contributed by atoms with Gasteiger partial charge >= 0.3 is 0 Å². The summed E-state index contributed by atoms with van der Waals surface area (Å²) in [6, 6.07) is 19.0. The average molecular weight is 334 g/mol. The van der Waals surface area contributed by atoms with E-state index < -0.39 is 0 Å². The lowest BCUT2D eigenvalue weighted by molar-refractivity contribution is -0.142. The molecular formula is C20H18N2O3. The van der Waals surface area contributed by atoms with Gasteiger partial charge in [-0.2, -0.15) is 0 Å². The van der Waals surface area contributed by atoms with Crippen molar-refractivity contribution in [3.63, 3.8) is 0 Å². The van der Waals surface area contributed by atoms with Crippen LogP contribution in [0.15, 0.2) is 65.1 Å². The van der Waals surface area contributed by atoms with Gasteiger partial charge in [-0.15, -0.1) is 0 Å². The summed E-state index contributed by atoms with van der Waals surface area (Å²) in [5.74, 6) is 0.375. The smallest absolute Gasteiger partial charge is 0.227 e. The summed E-state index contributed by atoms with van der Waals surface area (Å²) in [6.07, 6.45) is 0. The molecule has 3 aromatic rings. The monoisotopic (exact) mass is 334 g/mol. The van der Waals surface area contributed by atoms with Gasteiger partial charge in [-0.3, -0.25) is 14.5 Å². The molecule has 0 bridgehead atoms. The number of rotatable bonds is 4. The van der Waals surface area contributed by atoms with E-state index in [1.54, 1.807) is 0 Å². The molecule has 0 atom stereocenters. The zero-order chi connectivity index (χ0) is 17.8. The maximum Gasteiger partial charge on any atom is 0.227 e. The van der Waals surface area contributed by atoms with Gasteiger partial charge < -0.3 is 4.42 Å². The number of carbonyl (C=O) groups is 2. The van der Waals surface area contributed by atoms with Crippen LogP contribution in [0.3, 0.4) is 0 Å². The second-order valence-electron chi connectivity index (χ2n) is 5.65. The van der Waals surface area contributed by atoms with Crippen LogP contribution in [0, 0.1) is 0 Å². The Morgan fingerprint density at radius 1 is 0.880 bits per heavy atom. The Hall–Kier alpha value is -3.21. The molecule has 0 aliphatic carbocycles. The van der Waals surface area contributed by atoms with Crippen LogP contribution >= 0.6 is 0 Å². The lowest BCUT2D eigenvalue weighted by Gasteiger charge is -2.15. The topological polar surface area (TPSA) is 63.4 Å². The number of benzene rings is 2. The van der Waals surface area contributed by atoms with E-state index >= 15 is 0 Å². The summed E-state index contributed by atoms with van der Waals surface area (Å²) in [4.78, 5) is 29.2. The molecule has 3 rings (SSSR count). The van der Waals surface area contributed by atoms with E-state index in [-0.39, 0.29) is 18.4 Å². The van der Waals surface area contributed by atoms with Crippen molar-refractivity contribution in [3.05, 3.63) is 66.4 Å². The fraction of sp³-hybridized carbons (Fsp3) is 0.150. The average Bonchev–Trinajstić information content (AvgIpc) is 3.04. The van der Waals surface area contributed by atoms with Gasteiger partial charge in [0.2, 0.25) is 17.7 Å². The summed E-state index contributed by atoms with van der Waals surface area (Å²) < 4.78 is 5.99. The Labute approximate surface area is 145 Å². The Kier molecular flexibility index (Phi) is 4.75. The second kappa shape index (κ2) is 7.13. The normalized spacial score (nSPS) is 10.5. The van der Waals surface area contributed by atoms with Gasteiger partial charge in [0.05, 0.1) is 6.54 Å². The predicted octanol–water partition coefficient (Wildman–Crippen LogP) is 3.90. The van der Waals surface area contributed by atoms with Crippen molar-refractivity contribution >= 4 is 11.8 Å². The molecule has 0 fully saturated rings. The molecule has 0 aliphatic heterocycles. The van der Waals surface area contributed by atoms with Crippen molar-refractivity contribution in [1.29, 1.82) is 0 Å². The summed E-state index contributed by atoms with van der Waals surface area (Å²) in [6.45, 7) is 2.80. The predicted molar refractivity (Wildman–Crippen MR) is 94.3 cm³/mol. The van der Waals surface area contributed by atoms with E-state index in [4.69, 9.17) is 4.42 Å². The van der Waals surface area contributed by atoms with Crippen LogP contribution in [0.25, 0.3) is 22.8 Å². The lowest BCUT2D eigenvalue weighted by atomic mass is 10.1. The summed E-state index contributed by atoms with van der Waals surface area (Å²) in [5.41, 5.74) is 2.23. The highest BCUT2D eigenvalue weighted by Gasteiger charge is 2.22. The van der Waals surface area contributed by atoms with E-state index in [1.165, 1.54) is 13.8 Å². The van der Waals surface area contributed by atoms with Crippen LogP contribution in [0.5, 0.6) is 0 Å². The lowest BCUT2D eigenvalue weighted by Crippen LogP contribution is -2.32.